The molecule has 3 rings (SSSR count). The number of hydrogen-bond acceptors (Lipinski definition) is 2. The number of fused-ring (bicyclic) bond motifs is 3. The maximum Gasteiger partial charge on any atom is 0.156 e. The summed E-state index contributed by atoms with van der Waals surface area (Å²) >= 11 is 0. The van der Waals surface area contributed by atoms with Crippen LogP contribution in [0.15, 0.2) is 30.5 Å². The molecular formula is C12H11N3. The molecule has 0 fully saturated rings. The molecule has 0 bridgehead atoms. The van der Waals surface area contributed by atoms with Gasteiger partial charge in [-0.2, -0.15) is 0 Å². The maximum atomic E-state index is 4.46. The lowest BCUT2D eigenvalue weighted by atomic mass is 10.3. The normalized spacial score (nSPS) is 11.3. The van der Waals surface area contributed by atoms with Crippen LogP contribution in [0.5, 0.6) is 0 Å². The number of nitrogens with zero attached hydrogens (tertiary/aromatic N) is 3. The smallest absolute Gasteiger partial charge is 0.156 e. The van der Waals surface area contributed by atoms with Crippen molar-refractivity contribution in [2.24, 2.45) is 0 Å². The minimum absolute atomic E-state index is 0.920. The van der Waals surface area contributed by atoms with Gasteiger partial charge in [0, 0.05) is 5.69 Å². The van der Waals surface area contributed by atoms with Crippen LogP contribution in [0.25, 0.3) is 16.7 Å². The molecule has 0 unspecified atom stereocenters. The van der Waals surface area contributed by atoms with Crippen LogP contribution in [0, 0.1) is 13.8 Å². The fourth-order valence-electron chi connectivity index (χ4n) is 1.92. The molecule has 0 atom stereocenters. The zero-order valence-corrected chi connectivity index (χ0v) is 8.73. The first-order valence-electron chi connectivity index (χ1n) is 4.97. The monoisotopic (exact) mass is 197 g/mol. The molecule has 1 aromatic carbocycles. The lowest BCUT2D eigenvalue weighted by Gasteiger charge is -2.02. The average molecular weight is 197 g/mol. The lowest BCUT2D eigenvalue weighted by molar-refractivity contribution is 1.13. The molecule has 3 nitrogen and oxygen atoms in total. The van der Waals surface area contributed by atoms with Crippen molar-refractivity contribution in [1.82, 2.24) is 14.4 Å². The van der Waals surface area contributed by atoms with E-state index < -0.39 is 0 Å². The molecule has 0 saturated heterocycles. The van der Waals surface area contributed by atoms with E-state index in [1.54, 1.807) is 0 Å². The first-order valence-corrected chi connectivity index (χ1v) is 4.97. The maximum absolute atomic E-state index is 4.46. The molecule has 0 spiro atoms. The van der Waals surface area contributed by atoms with Crippen LogP contribution in [-0.4, -0.2) is 14.4 Å². The zero-order valence-electron chi connectivity index (χ0n) is 8.73. The van der Waals surface area contributed by atoms with Crippen LogP contribution >= 0.6 is 0 Å². The van der Waals surface area contributed by atoms with E-state index in [4.69, 9.17) is 0 Å². The number of benzene rings is 1. The Morgan fingerprint density at radius 3 is 2.80 bits per heavy atom. The number of aromatic nitrogens is 3. The second kappa shape index (κ2) is 2.79. The molecule has 0 aliphatic carbocycles. The Morgan fingerprint density at radius 1 is 1.13 bits per heavy atom. The van der Waals surface area contributed by atoms with Crippen LogP contribution in [0.2, 0.25) is 0 Å². The molecule has 2 heterocycles. The van der Waals surface area contributed by atoms with E-state index in [2.05, 4.69) is 27.4 Å². The molecule has 74 valence electrons. The predicted molar refractivity (Wildman–Crippen MR) is 60.0 cm³/mol. The van der Waals surface area contributed by atoms with Gasteiger partial charge in [0.15, 0.2) is 5.65 Å². The fourth-order valence-corrected chi connectivity index (χ4v) is 1.92. The molecule has 0 aliphatic rings. The average Bonchev–Trinajstić information content (AvgIpc) is 2.55. The highest BCUT2D eigenvalue weighted by molar-refractivity contribution is 5.77. The second-order valence-corrected chi connectivity index (χ2v) is 3.72. The highest BCUT2D eigenvalue weighted by atomic mass is 15.0. The molecule has 0 N–H and O–H groups in total. The minimum Gasteiger partial charge on any atom is -0.294 e. The Balaban J connectivity index is 2.63. The van der Waals surface area contributed by atoms with E-state index in [1.807, 2.05) is 31.3 Å². The molecular weight excluding hydrogens is 186 g/mol. The van der Waals surface area contributed by atoms with E-state index in [1.165, 1.54) is 5.69 Å². The summed E-state index contributed by atoms with van der Waals surface area (Å²) in [6.07, 6.45) is 1.82. The number of imidazole rings is 1. The van der Waals surface area contributed by atoms with E-state index in [0.29, 0.717) is 0 Å². The zero-order chi connectivity index (χ0) is 10.4. The van der Waals surface area contributed by atoms with Crippen molar-refractivity contribution in [3.63, 3.8) is 0 Å². The summed E-state index contributed by atoms with van der Waals surface area (Å²) in [5.74, 6) is 0. The minimum atomic E-state index is 0.920. The van der Waals surface area contributed by atoms with E-state index in [0.717, 1.165) is 22.4 Å². The highest BCUT2D eigenvalue weighted by Gasteiger charge is 2.07. The molecule has 3 aromatic rings. The number of rotatable bonds is 0. The molecule has 0 radical (unpaired) electrons. The highest BCUT2D eigenvalue weighted by Crippen LogP contribution is 2.17. The van der Waals surface area contributed by atoms with Crippen molar-refractivity contribution in [3.05, 3.63) is 41.9 Å². The summed E-state index contributed by atoms with van der Waals surface area (Å²) in [4.78, 5) is 8.84. The largest absolute Gasteiger partial charge is 0.294 e. The van der Waals surface area contributed by atoms with Gasteiger partial charge in [-0.1, -0.05) is 12.1 Å². The van der Waals surface area contributed by atoms with Gasteiger partial charge in [-0.15, -0.1) is 0 Å². The summed E-state index contributed by atoms with van der Waals surface area (Å²) in [6, 6.07) is 8.12. The summed E-state index contributed by atoms with van der Waals surface area (Å²) in [5.41, 5.74) is 5.29. The van der Waals surface area contributed by atoms with Gasteiger partial charge >= 0.3 is 0 Å². The Hall–Kier alpha value is -1.90. The van der Waals surface area contributed by atoms with Crippen molar-refractivity contribution in [2.45, 2.75) is 13.8 Å². The van der Waals surface area contributed by atoms with E-state index in [9.17, 15) is 0 Å². The van der Waals surface area contributed by atoms with Crippen LogP contribution in [0.4, 0.5) is 0 Å². The molecule has 15 heavy (non-hydrogen) atoms. The molecule has 3 heteroatoms. The van der Waals surface area contributed by atoms with Crippen LogP contribution in [0.3, 0.4) is 0 Å². The Labute approximate surface area is 87.4 Å². The third-order valence-corrected chi connectivity index (χ3v) is 2.81. The van der Waals surface area contributed by atoms with Gasteiger partial charge in [-0.05, 0) is 26.0 Å². The number of aryl methyl sites for hydroxylation is 2. The van der Waals surface area contributed by atoms with Crippen molar-refractivity contribution >= 4 is 16.7 Å². The lowest BCUT2D eigenvalue weighted by Crippen LogP contribution is -1.92. The van der Waals surface area contributed by atoms with E-state index >= 15 is 0 Å². The van der Waals surface area contributed by atoms with Gasteiger partial charge < -0.3 is 0 Å². The summed E-state index contributed by atoms with van der Waals surface area (Å²) in [6.45, 7) is 4.11. The Kier molecular flexibility index (Phi) is 1.57. The molecule has 0 aliphatic heterocycles. The van der Waals surface area contributed by atoms with Crippen molar-refractivity contribution in [3.8, 4) is 0 Å². The van der Waals surface area contributed by atoms with Gasteiger partial charge in [-0.3, -0.25) is 9.38 Å². The number of hydrogen-bond donors (Lipinski definition) is 0. The van der Waals surface area contributed by atoms with Crippen molar-refractivity contribution in [1.29, 1.82) is 0 Å². The van der Waals surface area contributed by atoms with Crippen LogP contribution in [-0.2, 0) is 0 Å². The summed E-state index contributed by atoms with van der Waals surface area (Å²) in [5, 5.41) is 0. The SMILES string of the molecule is Cc1nc2cnc3ccccc3n2c1C. The third kappa shape index (κ3) is 1.06. The first-order chi connectivity index (χ1) is 7.27. The number of para-hydroxylation sites is 2. The van der Waals surface area contributed by atoms with Gasteiger partial charge in [0.2, 0.25) is 0 Å². The Morgan fingerprint density at radius 2 is 1.93 bits per heavy atom. The first kappa shape index (κ1) is 8.41. The summed E-state index contributed by atoms with van der Waals surface area (Å²) in [7, 11) is 0. The van der Waals surface area contributed by atoms with Crippen molar-refractivity contribution in [2.75, 3.05) is 0 Å². The standard InChI is InChI=1S/C12H11N3/c1-8-9(2)15-11-6-4-3-5-10(11)13-7-12(15)14-8/h3-7H,1-2H3. The van der Waals surface area contributed by atoms with Crippen molar-refractivity contribution < 1.29 is 0 Å². The topological polar surface area (TPSA) is 30.2 Å². The fraction of sp³-hybridized carbons (Fsp3) is 0.167. The van der Waals surface area contributed by atoms with Gasteiger partial charge in [-0.25, -0.2) is 4.98 Å². The van der Waals surface area contributed by atoms with Gasteiger partial charge in [0.1, 0.15) is 0 Å². The van der Waals surface area contributed by atoms with Gasteiger partial charge in [0.25, 0.3) is 0 Å². The Bertz CT molecular complexity index is 652. The molecule has 0 saturated carbocycles. The van der Waals surface area contributed by atoms with Gasteiger partial charge in [0.05, 0.1) is 22.9 Å². The second-order valence-electron chi connectivity index (χ2n) is 3.72. The van der Waals surface area contributed by atoms with Crippen LogP contribution in [0.1, 0.15) is 11.4 Å². The molecule has 2 aromatic heterocycles. The summed E-state index contributed by atoms with van der Waals surface area (Å²) < 4.78 is 2.15. The van der Waals surface area contributed by atoms with Crippen LogP contribution < -0.4 is 0 Å². The van der Waals surface area contributed by atoms with E-state index in [-0.39, 0.29) is 0 Å². The quantitative estimate of drug-likeness (QED) is 0.554. The third-order valence-electron chi connectivity index (χ3n) is 2.81. The predicted octanol–water partition coefficient (Wildman–Crippen LogP) is 2.50. The molecule has 0 amide bonds.